The average molecular weight is 286 g/mol. The molecule has 1 saturated heterocycles. The molecule has 2 unspecified atom stereocenters. The molecule has 2 aliphatic rings. The zero-order chi connectivity index (χ0) is 14.7. The van der Waals surface area contributed by atoms with Gasteiger partial charge in [0.15, 0.2) is 0 Å². The van der Waals surface area contributed by atoms with Crippen molar-refractivity contribution in [2.75, 3.05) is 13.1 Å². The second-order valence-corrected chi connectivity index (χ2v) is 7.03. The van der Waals surface area contributed by atoms with Gasteiger partial charge in [0.2, 0.25) is 0 Å². The van der Waals surface area contributed by atoms with Crippen molar-refractivity contribution in [2.24, 2.45) is 11.7 Å². The first-order valence-corrected chi connectivity index (χ1v) is 8.82. The van der Waals surface area contributed by atoms with Crippen molar-refractivity contribution in [1.29, 1.82) is 0 Å². The molecule has 1 aliphatic carbocycles. The summed E-state index contributed by atoms with van der Waals surface area (Å²) in [5.41, 5.74) is 7.80. The van der Waals surface area contributed by atoms with E-state index in [0.717, 1.165) is 12.0 Å². The summed E-state index contributed by atoms with van der Waals surface area (Å²) in [7, 11) is 0. The number of piperidine rings is 1. The normalized spacial score (nSPS) is 34.8. The lowest BCUT2D eigenvalue weighted by Crippen LogP contribution is -2.51. The highest BCUT2D eigenvalue weighted by Crippen LogP contribution is 2.36. The Balaban J connectivity index is 1.54. The fourth-order valence-corrected chi connectivity index (χ4v) is 4.34. The zero-order valence-corrected chi connectivity index (χ0v) is 13.4. The van der Waals surface area contributed by atoms with E-state index in [2.05, 4.69) is 42.2 Å². The molecule has 1 aromatic rings. The van der Waals surface area contributed by atoms with Gasteiger partial charge in [0.05, 0.1) is 0 Å². The standard InChI is InChI=1S/C19H30N2/c1-2-15-14-21(13-12-19(15)20)18-10-8-17(9-11-18)16-6-4-3-5-7-16/h3-7,15,17-19H,2,8-14,20H2,1H3. The molecule has 0 aromatic heterocycles. The Bertz CT molecular complexity index is 422. The largest absolute Gasteiger partial charge is 0.327 e. The summed E-state index contributed by atoms with van der Waals surface area (Å²) < 4.78 is 0. The molecule has 0 amide bonds. The molecule has 2 N–H and O–H groups in total. The fourth-order valence-electron chi connectivity index (χ4n) is 4.34. The maximum Gasteiger partial charge on any atom is 0.00958 e. The summed E-state index contributed by atoms with van der Waals surface area (Å²) in [5, 5.41) is 0. The van der Waals surface area contributed by atoms with E-state index in [4.69, 9.17) is 5.73 Å². The van der Waals surface area contributed by atoms with Crippen LogP contribution in [0.5, 0.6) is 0 Å². The van der Waals surface area contributed by atoms with Crippen LogP contribution in [0.25, 0.3) is 0 Å². The van der Waals surface area contributed by atoms with Gasteiger partial charge in [-0.25, -0.2) is 0 Å². The first-order chi connectivity index (χ1) is 10.3. The van der Waals surface area contributed by atoms with Crippen LogP contribution in [0.3, 0.4) is 0 Å². The summed E-state index contributed by atoms with van der Waals surface area (Å²) in [6.45, 7) is 4.75. The summed E-state index contributed by atoms with van der Waals surface area (Å²) in [5.74, 6) is 1.50. The molecule has 1 aliphatic heterocycles. The van der Waals surface area contributed by atoms with Gasteiger partial charge in [0, 0.05) is 18.6 Å². The van der Waals surface area contributed by atoms with E-state index < -0.39 is 0 Å². The Morgan fingerprint density at radius 3 is 2.43 bits per heavy atom. The van der Waals surface area contributed by atoms with Gasteiger partial charge < -0.3 is 5.73 Å². The lowest BCUT2D eigenvalue weighted by molar-refractivity contribution is 0.0822. The molecule has 21 heavy (non-hydrogen) atoms. The third-order valence-electron chi connectivity index (χ3n) is 5.83. The first kappa shape index (κ1) is 15.1. The van der Waals surface area contributed by atoms with Crippen LogP contribution < -0.4 is 5.73 Å². The molecule has 2 nitrogen and oxygen atoms in total. The van der Waals surface area contributed by atoms with Crippen LogP contribution in [0.1, 0.15) is 56.9 Å². The minimum Gasteiger partial charge on any atom is -0.327 e. The number of likely N-dealkylation sites (tertiary alicyclic amines) is 1. The van der Waals surface area contributed by atoms with Crippen molar-refractivity contribution < 1.29 is 0 Å². The van der Waals surface area contributed by atoms with Crippen LogP contribution in [-0.4, -0.2) is 30.1 Å². The van der Waals surface area contributed by atoms with Gasteiger partial charge >= 0.3 is 0 Å². The smallest absolute Gasteiger partial charge is 0.00958 e. The van der Waals surface area contributed by atoms with Gasteiger partial charge in [0.25, 0.3) is 0 Å². The van der Waals surface area contributed by atoms with Crippen LogP contribution in [0.4, 0.5) is 0 Å². The highest BCUT2D eigenvalue weighted by Gasteiger charge is 2.32. The lowest BCUT2D eigenvalue weighted by Gasteiger charge is -2.43. The lowest BCUT2D eigenvalue weighted by atomic mass is 9.80. The van der Waals surface area contributed by atoms with Crippen LogP contribution in [0, 0.1) is 5.92 Å². The van der Waals surface area contributed by atoms with Gasteiger partial charge in [-0.15, -0.1) is 0 Å². The molecular weight excluding hydrogens is 256 g/mol. The second kappa shape index (κ2) is 6.93. The quantitative estimate of drug-likeness (QED) is 0.916. The van der Waals surface area contributed by atoms with Crippen LogP contribution in [0.15, 0.2) is 30.3 Å². The number of benzene rings is 1. The Morgan fingerprint density at radius 2 is 1.76 bits per heavy atom. The van der Waals surface area contributed by atoms with Gasteiger partial charge in [-0.05, 0) is 56.0 Å². The van der Waals surface area contributed by atoms with Crippen LogP contribution >= 0.6 is 0 Å². The minimum absolute atomic E-state index is 0.437. The van der Waals surface area contributed by atoms with Crippen molar-refractivity contribution in [3.8, 4) is 0 Å². The molecule has 1 heterocycles. The molecule has 2 heteroatoms. The molecule has 2 atom stereocenters. The zero-order valence-electron chi connectivity index (χ0n) is 13.4. The molecule has 2 fully saturated rings. The Hall–Kier alpha value is -0.860. The van der Waals surface area contributed by atoms with E-state index in [1.807, 2.05) is 0 Å². The summed E-state index contributed by atoms with van der Waals surface area (Å²) in [4.78, 5) is 2.75. The van der Waals surface area contributed by atoms with Crippen molar-refractivity contribution in [3.05, 3.63) is 35.9 Å². The van der Waals surface area contributed by atoms with Crippen molar-refractivity contribution in [2.45, 2.75) is 63.5 Å². The molecule has 0 radical (unpaired) electrons. The van der Waals surface area contributed by atoms with Gasteiger partial charge in [-0.1, -0.05) is 43.7 Å². The molecule has 1 aromatic carbocycles. The molecule has 0 bridgehead atoms. The Kier molecular flexibility index (Phi) is 4.97. The summed E-state index contributed by atoms with van der Waals surface area (Å²) in [6, 6.07) is 12.3. The topological polar surface area (TPSA) is 29.3 Å². The molecule has 0 spiro atoms. The van der Waals surface area contributed by atoms with Crippen LogP contribution in [-0.2, 0) is 0 Å². The van der Waals surface area contributed by atoms with Gasteiger partial charge in [-0.2, -0.15) is 0 Å². The third-order valence-corrected chi connectivity index (χ3v) is 5.83. The van der Waals surface area contributed by atoms with Gasteiger partial charge in [0.1, 0.15) is 0 Å². The van der Waals surface area contributed by atoms with E-state index in [1.165, 1.54) is 51.6 Å². The van der Waals surface area contributed by atoms with E-state index in [9.17, 15) is 0 Å². The SMILES string of the molecule is CCC1CN(C2CCC(c3ccccc3)CC2)CCC1N. The number of nitrogens with two attached hydrogens (primary N) is 1. The van der Waals surface area contributed by atoms with Crippen molar-refractivity contribution in [3.63, 3.8) is 0 Å². The molecule has 1 saturated carbocycles. The van der Waals surface area contributed by atoms with E-state index >= 15 is 0 Å². The summed E-state index contributed by atoms with van der Waals surface area (Å²) in [6.07, 6.45) is 7.87. The Labute approximate surface area is 129 Å². The molecular formula is C19H30N2. The molecule has 3 rings (SSSR count). The fraction of sp³-hybridized carbons (Fsp3) is 0.684. The first-order valence-electron chi connectivity index (χ1n) is 8.82. The van der Waals surface area contributed by atoms with Crippen molar-refractivity contribution in [1.82, 2.24) is 4.90 Å². The average Bonchev–Trinajstić information content (AvgIpc) is 2.56. The third kappa shape index (κ3) is 3.49. The monoisotopic (exact) mass is 286 g/mol. The number of rotatable bonds is 3. The highest BCUT2D eigenvalue weighted by atomic mass is 15.2. The summed E-state index contributed by atoms with van der Waals surface area (Å²) >= 11 is 0. The van der Waals surface area contributed by atoms with Gasteiger partial charge in [-0.3, -0.25) is 4.90 Å². The van der Waals surface area contributed by atoms with E-state index in [-0.39, 0.29) is 0 Å². The Morgan fingerprint density at radius 1 is 1.05 bits per heavy atom. The second-order valence-electron chi connectivity index (χ2n) is 7.03. The van der Waals surface area contributed by atoms with E-state index in [0.29, 0.717) is 12.0 Å². The predicted octanol–water partition coefficient (Wildman–Crippen LogP) is 3.77. The maximum atomic E-state index is 6.25. The predicted molar refractivity (Wildman–Crippen MR) is 89.4 cm³/mol. The minimum atomic E-state index is 0.437. The number of hydrogen-bond donors (Lipinski definition) is 1. The highest BCUT2D eigenvalue weighted by molar-refractivity contribution is 5.20. The number of nitrogens with zero attached hydrogens (tertiary/aromatic N) is 1. The maximum absolute atomic E-state index is 6.25. The van der Waals surface area contributed by atoms with E-state index in [1.54, 1.807) is 5.56 Å². The van der Waals surface area contributed by atoms with Crippen LogP contribution in [0.2, 0.25) is 0 Å². The number of hydrogen-bond acceptors (Lipinski definition) is 2. The molecule has 116 valence electrons. The van der Waals surface area contributed by atoms with Crippen molar-refractivity contribution >= 4 is 0 Å².